The maximum absolute atomic E-state index is 12.8. The molecule has 7 nitrogen and oxygen atoms in total. The van der Waals surface area contributed by atoms with Crippen LogP contribution in [-0.2, 0) is 10.0 Å². The number of halogens is 1. The number of benzene rings is 2. The van der Waals surface area contributed by atoms with Gasteiger partial charge in [-0.3, -0.25) is 14.8 Å². The van der Waals surface area contributed by atoms with E-state index < -0.39 is 26.5 Å². The fraction of sp³-hybridized carbons (Fsp3) is 0.200. The molecule has 0 saturated carbocycles. The van der Waals surface area contributed by atoms with E-state index in [0.29, 0.717) is 11.3 Å². The third kappa shape index (κ3) is 4.66. The van der Waals surface area contributed by atoms with Crippen LogP contribution in [-0.4, -0.2) is 25.7 Å². The molecule has 0 aliphatic rings. The lowest BCUT2D eigenvalue weighted by atomic mass is 10.2. The van der Waals surface area contributed by atoms with Crippen LogP contribution in [0, 0.1) is 22.9 Å². The molecule has 0 amide bonds. The Labute approximate surface area is 138 Å². The monoisotopic (exact) mass is 354 g/mol. The number of ether oxygens (including phenoxy) is 1. The zero-order valence-corrected chi connectivity index (χ0v) is 13.5. The molecule has 0 unspecified atom stereocenters. The van der Waals surface area contributed by atoms with Gasteiger partial charge in [0, 0.05) is 6.07 Å². The number of nitro groups is 1. The lowest BCUT2D eigenvalue weighted by Crippen LogP contribution is -2.22. The standard InChI is InChI=1S/C15H15FN2O5S/c1-11-3-2-4-14(18(19)20)15(11)17-24(21,22)10-9-23-13-7-5-12(16)6-8-13/h2-8,17H,9-10H2,1H3. The van der Waals surface area contributed by atoms with E-state index in [0.717, 1.165) is 0 Å². The zero-order valence-electron chi connectivity index (χ0n) is 12.7. The highest BCUT2D eigenvalue weighted by Crippen LogP contribution is 2.28. The van der Waals surface area contributed by atoms with Gasteiger partial charge >= 0.3 is 0 Å². The Kier molecular flexibility index (Phi) is 5.35. The van der Waals surface area contributed by atoms with E-state index in [9.17, 15) is 22.9 Å². The Morgan fingerprint density at radius 1 is 1.21 bits per heavy atom. The summed E-state index contributed by atoms with van der Waals surface area (Å²) < 4.78 is 44.4. The third-order valence-corrected chi connectivity index (χ3v) is 4.36. The molecular formula is C15H15FN2O5S. The van der Waals surface area contributed by atoms with Gasteiger partial charge in [0.1, 0.15) is 29.6 Å². The molecule has 128 valence electrons. The quantitative estimate of drug-likeness (QED) is 0.609. The first-order valence-corrected chi connectivity index (χ1v) is 8.56. The molecule has 1 N–H and O–H groups in total. The molecule has 2 rings (SSSR count). The molecule has 0 radical (unpaired) electrons. The van der Waals surface area contributed by atoms with E-state index in [1.807, 2.05) is 0 Å². The van der Waals surface area contributed by atoms with E-state index in [4.69, 9.17) is 4.74 Å². The molecule has 2 aromatic rings. The van der Waals surface area contributed by atoms with Crippen molar-refractivity contribution >= 4 is 21.4 Å². The topological polar surface area (TPSA) is 98.5 Å². The Morgan fingerprint density at radius 2 is 1.88 bits per heavy atom. The molecule has 0 spiro atoms. The van der Waals surface area contributed by atoms with Crippen molar-refractivity contribution in [3.63, 3.8) is 0 Å². The highest BCUT2D eigenvalue weighted by atomic mass is 32.2. The Bertz CT molecular complexity index is 837. The summed E-state index contributed by atoms with van der Waals surface area (Å²) in [5.41, 5.74) is 0.0505. The van der Waals surface area contributed by atoms with Crippen LogP contribution >= 0.6 is 0 Å². The average Bonchev–Trinajstić information content (AvgIpc) is 2.51. The van der Waals surface area contributed by atoms with Gasteiger partial charge in [0.2, 0.25) is 10.0 Å². The lowest BCUT2D eigenvalue weighted by Gasteiger charge is -2.11. The van der Waals surface area contributed by atoms with Gasteiger partial charge in [-0.25, -0.2) is 12.8 Å². The first-order chi connectivity index (χ1) is 11.3. The van der Waals surface area contributed by atoms with Crippen molar-refractivity contribution in [1.82, 2.24) is 0 Å². The molecule has 0 aliphatic heterocycles. The molecular weight excluding hydrogens is 339 g/mol. The Balaban J connectivity index is 2.04. The van der Waals surface area contributed by atoms with Crippen molar-refractivity contribution in [3.05, 3.63) is 64.0 Å². The number of hydrogen-bond acceptors (Lipinski definition) is 5. The van der Waals surface area contributed by atoms with E-state index in [1.54, 1.807) is 13.0 Å². The second-order valence-corrected chi connectivity index (χ2v) is 6.79. The summed E-state index contributed by atoms with van der Waals surface area (Å²) in [5, 5.41) is 11.0. The van der Waals surface area contributed by atoms with Crippen LogP contribution in [0.5, 0.6) is 5.75 Å². The third-order valence-electron chi connectivity index (χ3n) is 3.14. The average molecular weight is 354 g/mol. The predicted octanol–water partition coefficient (Wildman–Crippen LogP) is 2.86. The van der Waals surface area contributed by atoms with Crippen molar-refractivity contribution in [2.45, 2.75) is 6.92 Å². The second kappa shape index (κ2) is 7.26. The second-order valence-electron chi connectivity index (χ2n) is 4.95. The first-order valence-electron chi connectivity index (χ1n) is 6.91. The largest absolute Gasteiger partial charge is 0.492 e. The molecule has 0 aliphatic carbocycles. The number of hydrogen-bond donors (Lipinski definition) is 1. The molecule has 0 fully saturated rings. The van der Waals surface area contributed by atoms with Crippen molar-refractivity contribution in [3.8, 4) is 5.75 Å². The van der Waals surface area contributed by atoms with Gasteiger partial charge < -0.3 is 4.74 Å². The molecule has 0 atom stereocenters. The number of nitrogens with zero attached hydrogens (tertiary/aromatic N) is 1. The fourth-order valence-corrected chi connectivity index (χ4v) is 2.93. The van der Waals surface area contributed by atoms with Crippen LogP contribution in [0.25, 0.3) is 0 Å². The van der Waals surface area contributed by atoms with Gasteiger partial charge in [-0.1, -0.05) is 12.1 Å². The number of nitro benzene ring substituents is 1. The molecule has 9 heteroatoms. The smallest absolute Gasteiger partial charge is 0.293 e. The normalized spacial score (nSPS) is 11.1. The van der Waals surface area contributed by atoms with Crippen LogP contribution in [0.1, 0.15) is 5.56 Å². The van der Waals surface area contributed by atoms with Crippen molar-refractivity contribution in [2.24, 2.45) is 0 Å². The minimum absolute atomic E-state index is 0.0655. The summed E-state index contributed by atoms with van der Waals surface area (Å²) >= 11 is 0. The van der Waals surface area contributed by atoms with Crippen LogP contribution in [0.2, 0.25) is 0 Å². The van der Waals surface area contributed by atoms with Gasteiger partial charge in [0.15, 0.2) is 0 Å². The minimum Gasteiger partial charge on any atom is -0.492 e. The summed E-state index contributed by atoms with van der Waals surface area (Å²) in [6.07, 6.45) is 0. The SMILES string of the molecule is Cc1cccc([N+](=O)[O-])c1NS(=O)(=O)CCOc1ccc(F)cc1. The van der Waals surface area contributed by atoms with Crippen molar-refractivity contribution in [1.29, 1.82) is 0 Å². The fourth-order valence-electron chi connectivity index (χ4n) is 1.94. The van der Waals surface area contributed by atoms with E-state index in [-0.39, 0.29) is 18.0 Å². The van der Waals surface area contributed by atoms with Crippen LogP contribution < -0.4 is 9.46 Å². The molecule has 0 saturated heterocycles. The molecule has 2 aromatic carbocycles. The van der Waals surface area contributed by atoms with E-state index >= 15 is 0 Å². The number of aryl methyl sites for hydroxylation is 1. The summed E-state index contributed by atoms with van der Waals surface area (Å²) in [6.45, 7) is 1.39. The number of para-hydroxylation sites is 1. The maximum atomic E-state index is 12.8. The highest BCUT2D eigenvalue weighted by molar-refractivity contribution is 7.92. The lowest BCUT2D eigenvalue weighted by molar-refractivity contribution is -0.383. The number of nitrogens with one attached hydrogen (secondary N) is 1. The zero-order chi connectivity index (χ0) is 17.7. The maximum Gasteiger partial charge on any atom is 0.293 e. The van der Waals surface area contributed by atoms with Gasteiger partial charge in [0.25, 0.3) is 5.69 Å². The minimum atomic E-state index is -3.84. The predicted molar refractivity (Wildman–Crippen MR) is 87.1 cm³/mol. The van der Waals surface area contributed by atoms with E-state index in [1.165, 1.54) is 36.4 Å². The summed E-state index contributed by atoms with van der Waals surface area (Å²) in [4.78, 5) is 10.3. The molecule has 0 bridgehead atoms. The van der Waals surface area contributed by atoms with E-state index in [2.05, 4.69) is 4.72 Å². The van der Waals surface area contributed by atoms with Gasteiger partial charge in [-0.2, -0.15) is 0 Å². The number of anilines is 1. The van der Waals surface area contributed by atoms with Gasteiger partial charge in [0.05, 0.1) is 4.92 Å². The van der Waals surface area contributed by atoms with Gasteiger partial charge in [-0.15, -0.1) is 0 Å². The summed E-state index contributed by atoms with van der Waals surface area (Å²) in [6, 6.07) is 9.41. The highest BCUT2D eigenvalue weighted by Gasteiger charge is 2.20. The molecule has 0 aromatic heterocycles. The van der Waals surface area contributed by atoms with Crippen molar-refractivity contribution in [2.75, 3.05) is 17.1 Å². The molecule has 24 heavy (non-hydrogen) atoms. The number of rotatable bonds is 7. The van der Waals surface area contributed by atoms with Crippen LogP contribution in [0.15, 0.2) is 42.5 Å². The van der Waals surface area contributed by atoms with Crippen LogP contribution in [0.3, 0.4) is 0 Å². The van der Waals surface area contributed by atoms with Crippen LogP contribution in [0.4, 0.5) is 15.8 Å². The van der Waals surface area contributed by atoms with Gasteiger partial charge in [-0.05, 0) is 36.8 Å². The number of sulfonamides is 1. The summed E-state index contributed by atoms with van der Waals surface area (Å²) in [5.74, 6) is -0.507. The Morgan fingerprint density at radius 3 is 2.50 bits per heavy atom. The first kappa shape index (κ1) is 17.7. The molecule has 0 heterocycles. The van der Waals surface area contributed by atoms with Crippen molar-refractivity contribution < 1.29 is 22.5 Å². The summed E-state index contributed by atoms with van der Waals surface area (Å²) in [7, 11) is -3.84. The Hall–Kier alpha value is -2.68.